The molecule has 6 nitrogen and oxygen atoms in total. The fourth-order valence-corrected chi connectivity index (χ4v) is 4.91. The predicted molar refractivity (Wildman–Crippen MR) is 133 cm³/mol. The summed E-state index contributed by atoms with van der Waals surface area (Å²) in [7, 11) is -3.99. The maximum Gasteiger partial charge on any atom is 0.261 e. The monoisotopic (exact) mass is 499 g/mol. The van der Waals surface area contributed by atoms with Crippen LogP contribution in [0.5, 0.6) is 0 Å². The fourth-order valence-electron chi connectivity index (χ4n) is 3.32. The Morgan fingerprint density at radius 1 is 0.970 bits per heavy atom. The number of halogens is 2. The van der Waals surface area contributed by atoms with Gasteiger partial charge in [0.1, 0.15) is 0 Å². The molecule has 168 valence electrons. The zero-order chi connectivity index (χ0) is 23.6. The lowest BCUT2D eigenvalue weighted by molar-refractivity contribution is -0.115. The Labute approximate surface area is 201 Å². The largest absolute Gasteiger partial charge is 0.326 e. The number of sulfonamides is 1. The van der Waals surface area contributed by atoms with Crippen molar-refractivity contribution in [2.75, 3.05) is 10.0 Å². The van der Waals surface area contributed by atoms with Crippen LogP contribution in [-0.2, 0) is 14.8 Å². The van der Waals surface area contributed by atoms with Crippen LogP contribution in [0.15, 0.2) is 77.8 Å². The summed E-state index contributed by atoms with van der Waals surface area (Å²) in [6.45, 7) is 1.73. The van der Waals surface area contributed by atoms with E-state index >= 15 is 0 Å². The molecule has 9 heteroatoms. The van der Waals surface area contributed by atoms with Crippen LogP contribution < -0.4 is 10.0 Å². The first-order valence-electron chi connectivity index (χ1n) is 10.0. The zero-order valence-electron chi connectivity index (χ0n) is 17.5. The summed E-state index contributed by atoms with van der Waals surface area (Å²) in [4.78, 5) is 16.0. The molecule has 0 atom stereocenters. The van der Waals surface area contributed by atoms with Crippen molar-refractivity contribution >= 4 is 61.3 Å². The SMILES string of the molecule is CCC(=O)Nc1ccc(NS(=O)(=O)c2ccc(Cl)c(-c3nccc4ccccc34)c2)c(Cl)c1. The minimum absolute atomic E-state index is 0.0102. The first-order valence-corrected chi connectivity index (χ1v) is 12.3. The Hall–Kier alpha value is -3.13. The van der Waals surface area contributed by atoms with Crippen molar-refractivity contribution in [3.63, 3.8) is 0 Å². The Morgan fingerprint density at radius 2 is 1.76 bits per heavy atom. The van der Waals surface area contributed by atoms with E-state index in [1.54, 1.807) is 19.2 Å². The number of hydrogen-bond donors (Lipinski definition) is 2. The highest BCUT2D eigenvalue weighted by Gasteiger charge is 2.19. The number of benzene rings is 3. The number of anilines is 2. The summed E-state index contributed by atoms with van der Waals surface area (Å²) >= 11 is 12.7. The molecule has 33 heavy (non-hydrogen) atoms. The number of nitrogens with one attached hydrogen (secondary N) is 2. The third-order valence-electron chi connectivity index (χ3n) is 5.00. The van der Waals surface area contributed by atoms with Gasteiger partial charge in [-0.1, -0.05) is 54.4 Å². The van der Waals surface area contributed by atoms with Crippen molar-refractivity contribution in [2.45, 2.75) is 18.2 Å². The van der Waals surface area contributed by atoms with E-state index in [4.69, 9.17) is 23.2 Å². The first-order chi connectivity index (χ1) is 15.8. The topological polar surface area (TPSA) is 88.2 Å². The molecular weight excluding hydrogens is 481 g/mol. The number of aromatic nitrogens is 1. The fraction of sp³-hybridized carbons (Fsp3) is 0.0833. The normalized spacial score (nSPS) is 11.4. The molecule has 0 saturated carbocycles. The molecule has 4 rings (SSSR count). The molecule has 0 fully saturated rings. The maximum atomic E-state index is 13.1. The average molecular weight is 500 g/mol. The molecule has 0 aliphatic heterocycles. The van der Waals surface area contributed by atoms with Crippen LogP contribution in [0, 0.1) is 0 Å². The van der Waals surface area contributed by atoms with Gasteiger partial charge in [-0.15, -0.1) is 0 Å². The highest BCUT2D eigenvalue weighted by molar-refractivity contribution is 7.92. The summed E-state index contributed by atoms with van der Waals surface area (Å²) in [5, 5.41) is 5.03. The summed E-state index contributed by atoms with van der Waals surface area (Å²) < 4.78 is 28.7. The number of pyridine rings is 1. The van der Waals surface area contributed by atoms with Crippen molar-refractivity contribution in [1.29, 1.82) is 0 Å². The maximum absolute atomic E-state index is 13.1. The average Bonchev–Trinajstić information content (AvgIpc) is 2.80. The second-order valence-corrected chi connectivity index (χ2v) is 9.72. The van der Waals surface area contributed by atoms with Gasteiger partial charge in [0.2, 0.25) is 5.91 Å². The van der Waals surface area contributed by atoms with Crippen LogP contribution in [0.1, 0.15) is 13.3 Å². The van der Waals surface area contributed by atoms with Gasteiger partial charge in [-0.05, 0) is 47.9 Å². The van der Waals surface area contributed by atoms with Crippen LogP contribution in [-0.4, -0.2) is 19.3 Å². The molecule has 4 aromatic rings. The van der Waals surface area contributed by atoms with Gasteiger partial charge in [0.15, 0.2) is 0 Å². The molecule has 2 N–H and O–H groups in total. The zero-order valence-corrected chi connectivity index (χ0v) is 19.8. The van der Waals surface area contributed by atoms with Crippen LogP contribution >= 0.6 is 23.2 Å². The molecule has 0 aliphatic rings. The lowest BCUT2D eigenvalue weighted by atomic mass is 10.0. The van der Waals surface area contributed by atoms with E-state index in [2.05, 4.69) is 15.0 Å². The van der Waals surface area contributed by atoms with Crippen molar-refractivity contribution in [1.82, 2.24) is 4.98 Å². The van der Waals surface area contributed by atoms with Gasteiger partial charge < -0.3 is 5.32 Å². The van der Waals surface area contributed by atoms with E-state index in [1.165, 1.54) is 30.3 Å². The quantitative estimate of drug-likeness (QED) is 0.323. The molecule has 0 spiro atoms. The van der Waals surface area contributed by atoms with E-state index in [0.29, 0.717) is 28.4 Å². The van der Waals surface area contributed by atoms with Crippen LogP contribution in [0.3, 0.4) is 0 Å². The lowest BCUT2D eigenvalue weighted by Gasteiger charge is -2.13. The van der Waals surface area contributed by atoms with Gasteiger partial charge in [-0.2, -0.15) is 0 Å². The molecular formula is C24H19Cl2N3O3S. The van der Waals surface area contributed by atoms with E-state index in [0.717, 1.165) is 10.8 Å². The van der Waals surface area contributed by atoms with Gasteiger partial charge in [0, 0.05) is 29.3 Å². The number of carbonyl (C=O) groups is 1. The Balaban J connectivity index is 1.69. The number of carbonyl (C=O) groups excluding carboxylic acids is 1. The number of rotatable bonds is 6. The van der Waals surface area contributed by atoms with E-state index < -0.39 is 10.0 Å². The molecule has 0 bridgehead atoms. The predicted octanol–water partition coefficient (Wildman–Crippen LogP) is 6.36. The molecule has 3 aromatic carbocycles. The summed E-state index contributed by atoms with van der Waals surface area (Å²) in [6.07, 6.45) is 1.97. The third-order valence-corrected chi connectivity index (χ3v) is 7.00. The van der Waals surface area contributed by atoms with Crippen molar-refractivity contribution in [2.24, 2.45) is 0 Å². The van der Waals surface area contributed by atoms with Crippen molar-refractivity contribution in [3.05, 3.63) is 83.0 Å². The van der Waals surface area contributed by atoms with Gasteiger partial charge in [0.05, 0.1) is 26.3 Å². The number of fused-ring (bicyclic) bond motifs is 1. The standard InChI is InChI=1S/C24H19Cl2N3O3S/c1-2-23(30)28-16-7-10-22(21(26)13-16)29-33(31,32)17-8-9-20(25)19(14-17)24-18-6-4-3-5-15(18)11-12-27-24/h3-14,29H,2H2,1H3,(H,28,30). The lowest BCUT2D eigenvalue weighted by Crippen LogP contribution is -2.14. The second kappa shape index (κ2) is 9.39. The van der Waals surface area contributed by atoms with Gasteiger partial charge in [-0.25, -0.2) is 8.42 Å². The van der Waals surface area contributed by atoms with Crippen LogP contribution in [0.2, 0.25) is 10.0 Å². The minimum atomic E-state index is -3.99. The summed E-state index contributed by atoms with van der Waals surface area (Å²) in [5.74, 6) is -0.171. The first kappa shape index (κ1) is 23.0. The highest BCUT2D eigenvalue weighted by Crippen LogP contribution is 2.34. The van der Waals surface area contributed by atoms with Crippen LogP contribution in [0.4, 0.5) is 11.4 Å². The van der Waals surface area contributed by atoms with E-state index in [1.807, 2.05) is 30.3 Å². The minimum Gasteiger partial charge on any atom is -0.326 e. The third kappa shape index (κ3) is 4.95. The summed E-state index contributed by atoms with van der Waals surface area (Å²) in [5.41, 5.74) is 1.75. The molecule has 0 radical (unpaired) electrons. The molecule has 1 amide bonds. The summed E-state index contributed by atoms with van der Waals surface area (Å²) in [6, 6.07) is 18.5. The smallest absolute Gasteiger partial charge is 0.261 e. The number of amides is 1. The van der Waals surface area contributed by atoms with Crippen LogP contribution in [0.25, 0.3) is 22.0 Å². The van der Waals surface area contributed by atoms with Gasteiger partial charge >= 0.3 is 0 Å². The van der Waals surface area contributed by atoms with Gasteiger partial charge in [0.25, 0.3) is 10.0 Å². The van der Waals surface area contributed by atoms with Gasteiger partial charge in [-0.3, -0.25) is 14.5 Å². The number of nitrogens with zero attached hydrogens (tertiary/aromatic N) is 1. The molecule has 1 aromatic heterocycles. The molecule has 0 saturated heterocycles. The highest BCUT2D eigenvalue weighted by atomic mass is 35.5. The van der Waals surface area contributed by atoms with E-state index in [-0.39, 0.29) is 21.5 Å². The Kier molecular flexibility index (Phi) is 6.56. The molecule has 1 heterocycles. The van der Waals surface area contributed by atoms with Crippen molar-refractivity contribution in [3.8, 4) is 11.3 Å². The second-order valence-electron chi connectivity index (χ2n) is 7.22. The Bertz CT molecular complexity index is 1470. The van der Waals surface area contributed by atoms with Crippen molar-refractivity contribution < 1.29 is 13.2 Å². The molecule has 0 unspecified atom stereocenters. The Morgan fingerprint density at radius 3 is 2.52 bits per heavy atom. The molecule has 0 aliphatic carbocycles. The van der Waals surface area contributed by atoms with E-state index in [9.17, 15) is 13.2 Å². The number of hydrogen-bond acceptors (Lipinski definition) is 4.